The number of fused-ring (bicyclic) bond motifs is 2. The van der Waals surface area contributed by atoms with E-state index in [9.17, 15) is 9.59 Å². The standard InChI is InChI=1S/C23H23N5O2S/c1-27(2)10-5-6-11-28-17-8-4-3-7-15(17)20(26-28)19-18(21(29)25-22(19)30)16-13-24-23-14(16)9-12-31-23/h3-4,7-9,12-13,24H,5-6,10-11H2,1-2H3,(H,25,29,30). The van der Waals surface area contributed by atoms with E-state index in [4.69, 9.17) is 5.10 Å². The summed E-state index contributed by atoms with van der Waals surface area (Å²) in [6.45, 7) is 1.77. The molecule has 2 amide bonds. The molecule has 4 heterocycles. The molecule has 7 nitrogen and oxygen atoms in total. The number of aromatic amines is 1. The molecule has 0 saturated carbocycles. The maximum atomic E-state index is 12.9. The van der Waals surface area contributed by atoms with Crippen LogP contribution in [0.4, 0.5) is 0 Å². The quantitative estimate of drug-likeness (QED) is 0.345. The number of benzene rings is 1. The number of amides is 2. The average Bonchev–Trinajstić information content (AvgIpc) is 3.48. The van der Waals surface area contributed by atoms with Gasteiger partial charge in [-0.3, -0.25) is 19.6 Å². The Kier molecular flexibility index (Phi) is 4.95. The molecule has 1 aromatic carbocycles. The molecule has 0 atom stereocenters. The second kappa shape index (κ2) is 7.79. The lowest BCUT2D eigenvalue weighted by Gasteiger charge is -2.09. The van der Waals surface area contributed by atoms with E-state index >= 15 is 0 Å². The summed E-state index contributed by atoms with van der Waals surface area (Å²) in [7, 11) is 4.13. The van der Waals surface area contributed by atoms with Crippen LogP contribution in [0.2, 0.25) is 0 Å². The number of thiophene rings is 1. The molecule has 0 radical (unpaired) electrons. The van der Waals surface area contributed by atoms with Crippen molar-refractivity contribution in [2.24, 2.45) is 0 Å². The fourth-order valence-corrected chi connectivity index (χ4v) is 4.94. The van der Waals surface area contributed by atoms with Gasteiger partial charge in [-0.2, -0.15) is 5.10 Å². The third-order valence-corrected chi connectivity index (χ3v) is 6.47. The van der Waals surface area contributed by atoms with E-state index in [-0.39, 0.29) is 5.91 Å². The number of rotatable bonds is 7. The molecule has 1 aliphatic heterocycles. The van der Waals surface area contributed by atoms with Crippen molar-refractivity contribution in [2.45, 2.75) is 19.4 Å². The molecule has 4 aromatic rings. The maximum absolute atomic E-state index is 12.9. The number of nitrogens with zero attached hydrogens (tertiary/aromatic N) is 3. The summed E-state index contributed by atoms with van der Waals surface area (Å²) >= 11 is 1.57. The van der Waals surface area contributed by atoms with E-state index in [0.29, 0.717) is 16.8 Å². The summed E-state index contributed by atoms with van der Waals surface area (Å²) in [5.41, 5.74) is 3.00. The van der Waals surface area contributed by atoms with Gasteiger partial charge in [0.1, 0.15) is 10.5 Å². The first-order chi connectivity index (χ1) is 15.0. The van der Waals surface area contributed by atoms with Crippen molar-refractivity contribution in [3.63, 3.8) is 0 Å². The maximum Gasteiger partial charge on any atom is 0.261 e. The van der Waals surface area contributed by atoms with Crippen LogP contribution in [-0.2, 0) is 16.1 Å². The smallest absolute Gasteiger partial charge is 0.261 e. The topological polar surface area (TPSA) is 83.0 Å². The Labute approximate surface area is 183 Å². The van der Waals surface area contributed by atoms with Gasteiger partial charge >= 0.3 is 0 Å². The Morgan fingerprint density at radius 3 is 2.68 bits per heavy atom. The number of para-hydroxylation sites is 1. The second-order valence-corrected chi connectivity index (χ2v) is 8.91. The molecule has 5 rings (SSSR count). The number of aromatic nitrogens is 3. The van der Waals surface area contributed by atoms with Crippen molar-refractivity contribution in [2.75, 3.05) is 20.6 Å². The van der Waals surface area contributed by atoms with Crippen molar-refractivity contribution < 1.29 is 9.59 Å². The molecular weight excluding hydrogens is 410 g/mol. The van der Waals surface area contributed by atoms with Crippen LogP contribution < -0.4 is 5.32 Å². The Balaban J connectivity index is 1.63. The molecule has 3 aromatic heterocycles. The summed E-state index contributed by atoms with van der Waals surface area (Å²) in [4.78, 5) is 32.1. The lowest BCUT2D eigenvalue weighted by molar-refractivity contribution is -0.122. The van der Waals surface area contributed by atoms with Crippen LogP contribution >= 0.6 is 11.3 Å². The lowest BCUT2D eigenvalue weighted by Crippen LogP contribution is -2.22. The van der Waals surface area contributed by atoms with E-state index in [1.165, 1.54) is 0 Å². The molecule has 0 aliphatic carbocycles. The minimum Gasteiger partial charge on any atom is -0.352 e. The number of nitrogens with one attached hydrogen (secondary N) is 2. The van der Waals surface area contributed by atoms with Crippen LogP contribution in [0.3, 0.4) is 0 Å². The molecule has 0 saturated heterocycles. The molecular formula is C23H23N5O2S. The number of hydrogen-bond donors (Lipinski definition) is 2. The predicted molar refractivity (Wildman–Crippen MR) is 124 cm³/mol. The Bertz CT molecular complexity index is 1340. The van der Waals surface area contributed by atoms with Crippen molar-refractivity contribution in [3.8, 4) is 0 Å². The van der Waals surface area contributed by atoms with Gasteiger partial charge in [0.25, 0.3) is 11.8 Å². The van der Waals surface area contributed by atoms with Crippen LogP contribution in [0.1, 0.15) is 24.1 Å². The predicted octanol–water partition coefficient (Wildman–Crippen LogP) is 3.49. The van der Waals surface area contributed by atoms with Crippen molar-refractivity contribution >= 4 is 55.4 Å². The summed E-state index contributed by atoms with van der Waals surface area (Å²) in [6.07, 6.45) is 3.84. The van der Waals surface area contributed by atoms with Gasteiger partial charge in [-0.15, -0.1) is 11.3 Å². The van der Waals surface area contributed by atoms with Gasteiger partial charge in [0.2, 0.25) is 0 Å². The number of H-pyrrole nitrogens is 1. The zero-order chi connectivity index (χ0) is 21.5. The van der Waals surface area contributed by atoms with Crippen molar-refractivity contribution in [1.82, 2.24) is 25.0 Å². The first kappa shape index (κ1) is 19.7. The highest BCUT2D eigenvalue weighted by Crippen LogP contribution is 2.38. The summed E-state index contributed by atoms with van der Waals surface area (Å²) in [5, 5.41) is 11.1. The van der Waals surface area contributed by atoms with Crippen LogP contribution in [0.15, 0.2) is 41.9 Å². The third kappa shape index (κ3) is 3.37. The van der Waals surface area contributed by atoms with Gasteiger partial charge in [-0.25, -0.2) is 0 Å². The summed E-state index contributed by atoms with van der Waals surface area (Å²) in [6, 6.07) is 9.85. The van der Waals surface area contributed by atoms with Crippen LogP contribution in [0.25, 0.3) is 32.3 Å². The molecule has 8 heteroatoms. The normalized spacial score (nSPS) is 14.5. The van der Waals surface area contributed by atoms with Gasteiger partial charge in [-0.05, 0) is 51.0 Å². The molecule has 2 N–H and O–H groups in total. The Morgan fingerprint density at radius 2 is 1.84 bits per heavy atom. The van der Waals surface area contributed by atoms with E-state index in [1.54, 1.807) is 17.5 Å². The first-order valence-electron chi connectivity index (χ1n) is 10.3. The third-order valence-electron chi connectivity index (χ3n) is 5.62. The molecule has 0 bridgehead atoms. The van der Waals surface area contributed by atoms with Gasteiger partial charge in [0.15, 0.2) is 0 Å². The number of hydrogen-bond acceptors (Lipinski definition) is 5. The van der Waals surface area contributed by atoms with Crippen LogP contribution in [0.5, 0.6) is 0 Å². The molecule has 0 unspecified atom stereocenters. The minimum atomic E-state index is -0.396. The zero-order valence-corrected chi connectivity index (χ0v) is 18.3. The fraction of sp³-hybridized carbons (Fsp3) is 0.261. The van der Waals surface area contributed by atoms with Crippen molar-refractivity contribution in [3.05, 3.63) is 53.2 Å². The van der Waals surface area contributed by atoms with Gasteiger partial charge in [0.05, 0.1) is 16.7 Å². The Morgan fingerprint density at radius 1 is 1.03 bits per heavy atom. The highest BCUT2D eigenvalue weighted by Gasteiger charge is 2.36. The van der Waals surface area contributed by atoms with Gasteiger partial charge < -0.3 is 9.88 Å². The fourth-order valence-electron chi connectivity index (χ4n) is 4.17. The first-order valence-corrected chi connectivity index (χ1v) is 11.2. The van der Waals surface area contributed by atoms with E-state index < -0.39 is 5.91 Å². The molecule has 1 aliphatic rings. The largest absolute Gasteiger partial charge is 0.352 e. The van der Waals surface area contributed by atoms with Crippen LogP contribution in [-0.4, -0.2) is 52.1 Å². The van der Waals surface area contributed by atoms with E-state index in [1.807, 2.05) is 40.4 Å². The van der Waals surface area contributed by atoms with Crippen LogP contribution in [0, 0.1) is 0 Å². The molecule has 31 heavy (non-hydrogen) atoms. The zero-order valence-electron chi connectivity index (χ0n) is 17.4. The lowest BCUT2D eigenvalue weighted by atomic mass is 9.98. The number of unbranched alkanes of at least 4 members (excludes halogenated alkanes) is 1. The summed E-state index contributed by atoms with van der Waals surface area (Å²) < 4.78 is 1.96. The second-order valence-electron chi connectivity index (χ2n) is 8.00. The number of carbonyl (C=O) groups excluding carboxylic acids is 2. The monoisotopic (exact) mass is 433 g/mol. The SMILES string of the molecule is CN(C)CCCCn1nc(C2=C(c3c[nH]c4sccc34)C(=O)NC2=O)c2ccccc21. The summed E-state index contributed by atoms with van der Waals surface area (Å²) in [5.74, 6) is -0.774. The van der Waals surface area contributed by atoms with E-state index in [0.717, 1.165) is 52.6 Å². The van der Waals surface area contributed by atoms with Gasteiger partial charge in [-0.1, -0.05) is 18.2 Å². The highest BCUT2D eigenvalue weighted by molar-refractivity contribution is 7.16. The number of carbonyl (C=O) groups is 2. The molecule has 0 spiro atoms. The number of imide groups is 1. The minimum absolute atomic E-state index is 0.348. The van der Waals surface area contributed by atoms with Gasteiger partial charge in [0, 0.05) is 29.1 Å². The number of aryl methyl sites for hydroxylation is 1. The van der Waals surface area contributed by atoms with E-state index in [2.05, 4.69) is 29.3 Å². The molecule has 158 valence electrons. The Hall–Kier alpha value is -3.23. The average molecular weight is 434 g/mol. The highest BCUT2D eigenvalue weighted by atomic mass is 32.1. The van der Waals surface area contributed by atoms with Crippen molar-refractivity contribution in [1.29, 1.82) is 0 Å². The molecule has 0 fully saturated rings.